The number of hydrogen-bond donors (Lipinski definition) is 1. The molecule has 6 heteroatoms. The lowest BCUT2D eigenvalue weighted by Gasteiger charge is -2.32. The lowest BCUT2D eigenvalue weighted by molar-refractivity contribution is -0.122. The molecule has 1 saturated heterocycles. The van der Waals surface area contributed by atoms with Crippen molar-refractivity contribution in [2.45, 2.75) is 63.8 Å². The third-order valence-corrected chi connectivity index (χ3v) is 5.60. The molecule has 1 heterocycles. The van der Waals surface area contributed by atoms with Crippen LogP contribution in [0.15, 0.2) is 18.2 Å². The first kappa shape index (κ1) is 19.9. The van der Waals surface area contributed by atoms with Gasteiger partial charge in [0, 0.05) is 37.5 Å². The molecular weight excluding hydrogens is 350 g/mol. The molecule has 1 N–H and O–H groups in total. The van der Waals surface area contributed by atoms with Crippen molar-refractivity contribution < 1.29 is 18.4 Å². The number of rotatable bonds is 7. The maximum atomic E-state index is 12.4. The predicted molar refractivity (Wildman–Crippen MR) is 100 cm³/mol. The van der Waals surface area contributed by atoms with Gasteiger partial charge in [0.1, 0.15) is 0 Å². The van der Waals surface area contributed by atoms with Gasteiger partial charge in [-0.1, -0.05) is 12.1 Å². The minimum Gasteiger partial charge on any atom is -0.353 e. The molecule has 0 unspecified atom stereocenters. The van der Waals surface area contributed by atoms with E-state index in [2.05, 4.69) is 11.4 Å². The van der Waals surface area contributed by atoms with Crippen molar-refractivity contribution in [1.82, 2.24) is 10.2 Å². The minimum absolute atomic E-state index is 0.00489. The maximum Gasteiger partial charge on any atom is 0.251 e. The van der Waals surface area contributed by atoms with E-state index in [9.17, 15) is 18.4 Å². The zero-order valence-corrected chi connectivity index (χ0v) is 15.7. The van der Waals surface area contributed by atoms with Crippen LogP contribution in [0.4, 0.5) is 8.78 Å². The van der Waals surface area contributed by atoms with Crippen LogP contribution in [-0.4, -0.2) is 48.7 Å². The highest BCUT2D eigenvalue weighted by atomic mass is 19.3. The molecule has 1 aliphatic heterocycles. The molecule has 0 aromatic heterocycles. The van der Waals surface area contributed by atoms with Crippen LogP contribution in [0.2, 0.25) is 0 Å². The summed E-state index contributed by atoms with van der Waals surface area (Å²) in [5.41, 5.74) is 3.31. The molecule has 4 nitrogen and oxygen atoms in total. The number of carbonyl (C=O) groups excluding carboxylic acids is 2. The topological polar surface area (TPSA) is 49.4 Å². The second kappa shape index (κ2) is 9.40. The Bertz CT molecular complexity index is 670. The highest BCUT2D eigenvalue weighted by Gasteiger charge is 2.22. The van der Waals surface area contributed by atoms with Crippen LogP contribution in [-0.2, 0) is 17.6 Å². The number of amides is 1. The summed E-state index contributed by atoms with van der Waals surface area (Å²) in [4.78, 5) is 26.3. The number of halogens is 2. The normalized spacial score (nSPS) is 18.3. The Kier molecular flexibility index (Phi) is 6.94. The van der Waals surface area contributed by atoms with E-state index in [1.807, 2.05) is 12.1 Å². The molecule has 1 amide bonds. The number of fused-ring (bicyclic) bond motifs is 1. The standard InChI is InChI=1S/C21H28F2N2O2/c22-20(23)14-25-11-9-18(10-12-25)24-21(27)8-7-19(26)17-6-5-15-3-1-2-4-16(15)13-17/h5-6,13,18,20H,1-4,7-12,14H2,(H,24,27). The van der Waals surface area contributed by atoms with Gasteiger partial charge in [-0.25, -0.2) is 8.78 Å². The number of alkyl halides is 2. The van der Waals surface area contributed by atoms with Crippen molar-refractivity contribution in [3.05, 3.63) is 34.9 Å². The minimum atomic E-state index is -2.31. The lowest BCUT2D eigenvalue weighted by Crippen LogP contribution is -2.45. The van der Waals surface area contributed by atoms with Gasteiger partial charge in [0.25, 0.3) is 6.43 Å². The first-order chi connectivity index (χ1) is 13.0. The van der Waals surface area contributed by atoms with Crippen LogP contribution in [0.1, 0.15) is 60.0 Å². The number of piperidine rings is 1. The Morgan fingerprint density at radius 3 is 2.48 bits per heavy atom. The highest BCUT2D eigenvalue weighted by Crippen LogP contribution is 2.23. The van der Waals surface area contributed by atoms with Gasteiger partial charge in [0.15, 0.2) is 5.78 Å². The zero-order chi connectivity index (χ0) is 19.2. The molecule has 0 atom stereocenters. The molecule has 0 saturated carbocycles. The second-order valence-corrected chi connectivity index (χ2v) is 7.65. The van der Waals surface area contributed by atoms with E-state index in [0.29, 0.717) is 31.5 Å². The van der Waals surface area contributed by atoms with Crippen LogP contribution >= 0.6 is 0 Å². The van der Waals surface area contributed by atoms with Gasteiger partial charge >= 0.3 is 0 Å². The molecule has 0 bridgehead atoms. The third kappa shape index (κ3) is 5.83. The molecule has 148 valence electrons. The monoisotopic (exact) mass is 378 g/mol. The van der Waals surface area contributed by atoms with Crippen molar-refractivity contribution in [2.24, 2.45) is 0 Å². The quantitative estimate of drug-likeness (QED) is 0.740. The Morgan fingerprint density at radius 2 is 1.78 bits per heavy atom. The SMILES string of the molecule is O=C(CCC(=O)c1ccc2c(c1)CCCC2)NC1CCN(CC(F)F)CC1. The van der Waals surface area contributed by atoms with E-state index < -0.39 is 6.43 Å². The number of hydrogen-bond acceptors (Lipinski definition) is 3. The third-order valence-electron chi connectivity index (χ3n) is 5.60. The summed E-state index contributed by atoms with van der Waals surface area (Å²) in [6, 6.07) is 5.94. The lowest BCUT2D eigenvalue weighted by atomic mass is 9.89. The molecule has 27 heavy (non-hydrogen) atoms. The smallest absolute Gasteiger partial charge is 0.251 e. The fourth-order valence-electron chi connectivity index (χ4n) is 4.03. The largest absolute Gasteiger partial charge is 0.353 e. The maximum absolute atomic E-state index is 12.4. The van der Waals surface area contributed by atoms with Gasteiger partial charge in [0.2, 0.25) is 5.91 Å². The van der Waals surface area contributed by atoms with Crippen molar-refractivity contribution in [3.8, 4) is 0 Å². The molecule has 2 aliphatic rings. The predicted octanol–water partition coefficient (Wildman–Crippen LogP) is 3.37. The van der Waals surface area contributed by atoms with E-state index in [1.165, 1.54) is 24.0 Å². The first-order valence-corrected chi connectivity index (χ1v) is 9.96. The molecule has 1 aliphatic carbocycles. The van der Waals surface area contributed by atoms with E-state index >= 15 is 0 Å². The number of nitrogens with one attached hydrogen (secondary N) is 1. The van der Waals surface area contributed by atoms with Gasteiger partial charge in [-0.15, -0.1) is 0 Å². The average Bonchev–Trinajstić information content (AvgIpc) is 2.67. The Balaban J connectivity index is 1.41. The Labute approximate surface area is 159 Å². The average molecular weight is 378 g/mol. The molecule has 1 fully saturated rings. The summed E-state index contributed by atoms with van der Waals surface area (Å²) in [6.45, 7) is 0.947. The number of ketones is 1. The number of benzene rings is 1. The van der Waals surface area contributed by atoms with Crippen LogP contribution in [0.5, 0.6) is 0 Å². The Morgan fingerprint density at radius 1 is 1.07 bits per heavy atom. The van der Waals surface area contributed by atoms with Crippen molar-refractivity contribution >= 4 is 11.7 Å². The summed E-state index contributed by atoms with van der Waals surface area (Å²) in [5.74, 6) is -0.126. The van der Waals surface area contributed by atoms with Crippen LogP contribution in [0, 0.1) is 0 Å². The van der Waals surface area contributed by atoms with Gasteiger partial charge in [-0.05, 0) is 55.7 Å². The highest BCUT2D eigenvalue weighted by molar-refractivity contribution is 5.98. The van der Waals surface area contributed by atoms with Crippen LogP contribution in [0.3, 0.4) is 0 Å². The van der Waals surface area contributed by atoms with Gasteiger partial charge in [0.05, 0.1) is 6.54 Å². The molecule has 1 aromatic carbocycles. The molecule has 3 rings (SSSR count). The van der Waals surface area contributed by atoms with Crippen molar-refractivity contribution in [2.75, 3.05) is 19.6 Å². The summed E-state index contributed by atoms with van der Waals surface area (Å²) in [5, 5.41) is 2.94. The number of carbonyl (C=O) groups is 2. The van der Waals surface area contributed by atoms with Crippen LogP contribution in [0.25, 0.3) is 0 Å². The fourth-order valence-corrected chi connectivity index (χ4v) is 4.03. The Hall–Kier alpha value is -1.82. The van der Waals surface area contributed by atoms with E-state index in [4.69, 9.17) is 0 Å². The summed E-state index contributed by atoms with van der Waals surface area (Å²) in [6.07, 6.45) is 3.91. The zero-order valence-electron chi connectivity index (χ0n) is 15.7. The first-order valence-electron chi connectivity index (χ1n) is 9.96. The van der Waals surface area contributed by atoms with Gasteiger partial charge < -0.3 is 5.32 Å². The molecular formula is C21H28F2N2O2. The van der Waals surface area contributed by atoms with E-state index in [1.54, 1.807) is 4.90 Å². The van der Waals surface area contributed by atoms with Crippen molar-refractivity contribution in [3.63, 3.8) is 0 Å². The molecule has 1 aromatic rings. The number of Topliss-reactive ketones (excluding diaryl/α,β-unsaturated/α-hetero) is 1. The fraction of sp³-hybridized carbons (Fsp3) is 0.619. The number of aryl methyl sites for hydroxylation is 2. The molecule has 0 radical (unpaired) electrons. The summed E-state index contributed by atoms with van der Waals surface area (Å²) >= 11 is 0. The van der Waals surface area contributed by atoms with Crippen molar-refractivity contribution in [1.29, 1.82) is 0 Å². The second-order valence-electron chi connectivity index (χ2n) is 7.65. The summed E-state index contributed by atoms with van der Waals surface area (Å²) in [7, 11) is 0. The van der Waals surface area contributed by atoms with E-state index in [-0.39, 0.29) is 37.1 Å². The van der Waals surface area contributed by atoms with Crippen LogP contribution < -0.4 is 5.32 Å². The summed E-state index contributed by atoms with van der Waals surface area (Å²) < 4.78 is 24.8. The van der Waals surface area contributed by atoms with Gasteiger partial charge in [-0.3, -0.25) is 14.5 Å². The molecule has 0 spiro atoms. The number of likely N-dealkylation sites (tertiary alicyclic amines) is 1. The van der Waals surface area contributed by atoms with E-state index in [0.717, 1.165) is 12.8 Å². The van der Waals surface area contributed by atoms with Gasteiger partial charge in [-0.2, -0.15) is 0 Å². The number of nitrogens with zero attached hydrogens (tertiary/aromatic N) is 1.